The number of carbonyl (C=O) groups excluding carboxylic acids is 1. The van der Waals surface area contributed by atoms with Gasteiger partial charge >= 0.3 is 0 Å². The molecule has 19 heavy (non-hydrogen) atoms. The predicted molar refractivity (Wildman–Crippen MR) is 78.9 cm³/mol. The summed E-state index contributed by atoms with van der Waals surface area (Å²) in [6.07, 6.45) is 0. The van der Waals surface area contributed by atoms with Gasteiger partial charge in [-0.3, -0.25) is 4.79 Å². The van der Waals surface area contributed by atoms with Crippen molar-refractivity contribution in [3.63, 3.8) is 0 Å². The van der Waals surface area contributed by atoms with Gasteiger partial charge in [0.1, 0.15) is 10.6 Å². The molecule has 0 spiro atoms. The summed E-state index contributed by atoms with van der Waals surface area (Å²) in [5.41, 5.74) is 1.25. The molecule has 0 aliphatic rings. The predicted octanol–water partition coefficient (Wildman–Crippen LogP) is 3.26. The number of halogens is 1. The van der Waals surface area contributed by atoms with E-state index in [0.717, 1.165) is 4.47 Å². The maximum atomic E-state index is 12.0. The molecular formula is C13H12BrNO3S. The quantitative estimate of drug-likeness (QED) is 0.897. The zero-order valence-electron chi connectivity index (χ0n) is 10.1. The van der Waals surface area contributed by atoms with Crippen molar-refractivity contribution in [3.05, 3.63) is 44.6 Å². The second kappa shape index (κ2) is 6.18. The lowest BCUT2D eigenvalue weighted by Crippen LogP contribution is -2.11. The first kappa shape index (κ1) is 14.0. The number of carbonyl (C=O) groups is 1. The van der Waals surface area contributed by atoms with Crippen molar-refractivity contribution >= 4 is 38.9 Å². The third-order valence-corrected chi connectivity index (χ3v) is 4.37. The van der Waals surface area contributed by atoms with Gasteiger partial charge in [-0.2, -0.15) is 0 Å². The lowest BCUT2D eigenvalue weighted by Gasteiger charge is -2.09. The fourth-order valence-electron chi connectivity index (χ4n) is 1.62. The van der Waals surface area contributed by atoms with Crippen LogP contribution in [-0.4, -0.2) is 18.1 Å². The standard InChI is InChI=1S/C13H12BrNO3S/c1-18-11-3-2-9(6-8(11)7-16)15-13(17)12-10(14)4-5-19-12/h2-6,16H,7H2,1H3,(H,15,17). The summed E-state index contributed by atoms with van der Waals surface area (Å²) < 4.78 is 5.88. The molecular weight excluding hydrogens is 330 g/mol. The summed E-state index contributed by atoms with van der Waals surface area (Å²) >= 11 is 4.68. The number of nitrogens with one attached hydrogen (secondary N) is 1. The number of rotatable bonds is 4. The van der Waals surface area contributed by atoms with Crippen molar-refractivity contribution in [2.45, 2.75) is 6.61 Å². The van der Waals surface area contributed by atoms with Crippen LogP contribution >= 0.6 is 27.3 Å². The number of hydrogen-bond donors (Lipinski definition) is 2. The molecule has 100 valence electrons. The van der Waals surface area contributed by atoms with Crippen molar-refractivity contribution in [1.29, 1.82) is 0 Å². The Morgan fingerprint density at radius 3 is 2.84 bits per heavy atom. The first-order valence-electron chi connectivity index (χ1n) is 5.48. The normalized spacial score (nSPS) is 10.3. The molecule has 2 rings (SSSR count). The van der Waals surface area contributed by atoms with Gasteiger partial charge in [-0.05, 0) is 45.6 Å². The third-order valence-electron chi connectivity index (χ3n) is 2.53. The van der Waals surface area contributed by atoms with Gasteiger partial charge in [-0.15, -0.1) is 11.3 Å². The Labute approximate surface area is 123 Å². The van der Waals surface area contributed by atoms with Gasteiger partial charge < -0.3 is 15.2 Å². The van der Waals surface area contributed by atoms with E-state index in [1.54, 1.807) is 18.2 Å². The number of hydrogen-bond acceptors (Lipinski definition) is 4. The molecule has 1 aromatic carbocycles. The number of aliphatic hydroxyl groups is 1. The molecule has 0 fully saturated rings. The van der Waals surface area contributed by atoms with Gasteiger partial charge in [0, 0.05) is 15.7 Å². The van der Waals surface area contributed by atoms with Gasteiger partial charge in [-0.1, -0.05) is 0 Å². The Morgan fingerprint density at radius 1 is 1.47 bits per heavy atom. The Bertz CT molecular complexity index is 597. The smallest absolute Gasteiger partial charge is 0.266 e. The van der Waals surface area contributed by atoms with Crippen molar-refractivity contribution < 1.29 is 14.6 Å². The van der Waals surface area contributed by atoms with E-state index in [9.17, 15) is 9.90 Å². The van der Waals surface area contributed by atoms with Crippen molar-refractivity contribution in [2.75, 3.05) is 12.4 Å². The van der Waals surface area contributed by atoms with Crippen LogP contribution < -0.4 is 10.1 Å². The second-order valence-corrected chi connectivity index (χ2v) is 5.51. The fraction of sp³-hybridized carbons (Fsp3) is 0.154. The number of amides is 1. The molecule has 0 atom stereocenters. The van der Waals surface area contributed by atoms with Crippen molar-refractivity contribution in [2.24, 2.45) is 0 Å². The van der Waals surface area contributed by atoms with Crippen LogP contribution in [-0.2, 0) is 6.61 Å². The van der Waals surface area contributed by atoms with Crippen molar-refractivity contribution in [1.82, 2.24) is 0 Å². The molecule has 4 nitrogen and oxygen atoms in total. The number of benzene rings is 1. The van der Waals surface area contributed by atoms with Crippen LogP contribution in [0.2, 0.25) is 0 Å². The molecule has 0 aliphatic carbocycles. The van der Waals surface area contributed by atoms with E-state index < -0.39 is 0 Å². The second-order valence-electron chi connectivity index (χ2n) is 3.74. The number of anilines is 1. The summed E-state index contributed by atoms with van der Waals surface area (Å²) in [4.78, 5) is 12.6. The summed E-state index contributed by atoms with van der Waals surface area (Å²) in [5, 5.41) is 13.9. The fourth-order valence-corrected chi connectivity index (χ4v) is 3.07. The molecule has 0 aliphatic heterocycles. The van der Waals surface area contributed by atoms with Gasteiger partial charge in [0.15, 0.2) is 0 Å². The zero-order chi connectivity index (χ0) is 13.8. The molecule has 0 bridgehead atoms. The van der Waals surface area contributed by atoms with E-state index in [4.69, 9.17) is 4.74 Å². The van der Waals surface area contributed by atoms with Gasteiger partial charge in [0.05, 0.1) is 13.7 Å². The van der Waals surface area contributed by atoms with E-state index in [-0.39, 0.29) is 12.5 Å². The topological polar surface area (TPSA) is 58.6 Å². The SMILES string of the molecule is COc1ccc(NC(=O)c2sccc2Br)cc1CO. The van der Waals surface area contributed by atoms with Crippen LogP contribution in [0.3, 0.4) is 0 Å². The molecule has 1 heterocycles. The molecule has 1 aromatic heterocycles. The number of ether oxygens (including phenoxy) is 1. The molecule has 2 N–H and O–H groups in total. The lowest BCUT2D eigenvalue weighted by molar-refractivity contribution is 0.103. The largest absolute Gasteiger partial charge is 0.496 e. The minimum Gasteiger partial charge on any atom is -0.496 e. The average Bonchev–Trinajstić information content (AvgIpc) is 2.85. The third kappa shape index (κ3) is 3.15. The molecule has 0 saturated carbocycles. The van der Waals surface area contributed by atoms with Crippen LogP contribution in [0.4, 0.5) is 5.69 Å². The molecule has 0 unspecified atom stereocenters. The summed E-state index contributed by atoms with van der Waals surface area (Å²) in [5.74, 6) is 0.411. The van der Waals surface area contributed by atoms with Crippen LogP contribution in [0.5, 0.6) is 5.75 Å². The minimum atomic E-state index is -0.184. The Hall–Kier alpha value is -1.37. The van der Waals surface area contributed by atoms with E-state index in [2.05, 4.69) is 21.2 Å². The zero-order valence-corrected chi connectivity index (χ0v) is 12.5. The van der Waals surface area contributed by atoms with E-state index in [1.165, 1.54) is 18.4 Å². The van der Waals surface area contributed by atoms with Crippen LogP contribution in [0.1, 0.15) is 15.2 Å². The monoisotopic (exact) mass is 341 g/mol. The number of thiophene rings is 1. The van der Waals surface area contributed by atoms with E-state index in [1.807, 2.05) is 11.4 Å². The minimum absolute atomic E-state index is 0.143. The average molecular weight is 342 g/mol. The highest BCUT2D eigenvalue weighted by atomic mass is 79.9. The molecule has 6 heteroatoms. The lowest BCUT2D eigenvalue weighted by atomic mass is 10.2. The van der Waals surface area contributed by atoms with Gasteiger partial charge in [0.25, 0.3) is 5.91 Å². The summed E-state index contributed by atoms with van der Waals surface area (Å²) in [6.45, 7) is -0.143. The van der Waals surface area contributed by atoms with Crippen molar-refractivity contribution in [3.8, 4) is 5.75 Å². The van der Waals surface area contributed by atoms with E-state index >= 15 is 0 Å². The Balaban J connectivity index is 2.20. The highest BCUT2D eigenvalue weighted by molar-refractivity contribution is 9.10. The molecule has 0 saturated heterocycles. The maximum absolute atomic E-state index is 12.0. The van der Waals surface area contributed by atoms with Gasteiger partial charge in [0.2, 0.25) is 0 Å². The number of methoxy groups -OCH3 is 1. The molecule has 2 aromatic rings. The van der Waals surface area contributed by atoms with Crippen LogP contribution in [0.15, 0.2) is 34.1 Å². The van der Waals surface area contributed by atoms with Gasteiger partial charge in [-0.25, -0.2) is 0 Å². The first-order valence-corrected chi connectivity index (χ1v) is 7.15. The Morgan fingerprint density at radius 2 is 2.26 bits per heavy atom. The maximum Gasteiger partial charge on any atom is 0.266 e. The highest BCUT2D eigenvalue weighted by Gasteiger charge is 2.12. The summed E-state index contributed by atoms with van der Waals surface area (Å²) in [6, 6.07) is 6.97. The Kier molecular flexibility index (Phi) is 4.57. The first-order chi connectivity index (χ1) is 9.15. The molecule has 1 amide bonds. The highest BCUT2D eigenvalue weighted by Crippen LogP contribution is 2.26. The van der Waals surface area contributed by atoms with E-state index in [0.29, 0.717) is 21.9 Å². The molecule has 0 radical (unpaired) electrons. The number of aliphatic hydroxyl groups excluding tert-OH is 1. The van der Waals surface area contributed by atoms with Crippen LogP contribution in [0, 0.1) is 0 Å². The summed E-state index contributed by atoms with van der Waals surface area (Å²) in [7, 11) is 1.54. The van der Waals surface area contributed by atoms with Crippen LogP contribution in [0.25, 0.3) is 0 Å².